The fraction of sp³-hybridized carbons (Fsp3) is 0.600. The number of hydrogen-bond donors (Lipinski definition) is 1. The molecule has 1 aromatic rings. The number of hydrogen-bond acceptors (Lipinski definition) is 1. The molecule has 1 aliphatic rings. The van der Waals surface area contributed by atoms with Gasteiger partial charge in [0.15, 0.2) is 0 Å². The molecule has 2 rings (SSSR count). The Morgan fingerprint density at radius 2 is 1.82 bits per heavy atom. The fourth-order valence-electron chi connectivity index (χ4n) is 2.95. The Kier molecular flexibility index (Phi) is 4.16. The highest BCUT2D eigenvalue weighted by Crippen LogP contribution is 2.29. The summed E-state index contributed by atoms with van der Waals surface area (Å²) in [6, 6.07) is 7.56. The second-order valence-corrected chi connectivity index (χ2v) is 5.38. The van der Waals surface area contributed by atoms with Gasteiger partial charge in [0, 0.05) is 18.2 Å². The molecule has 1 saturated carbocycles. The lowest BCUT2D eigenvalue weighted by Crippen LogP contribution is -2.42. The van der Waals surface area contributed by atoms with Crippen LogP contribution < -0.4 is 5.32 Å². The lowest BCUT2D eigenvalue weighted by Gasteiger charge is -2.35. The maximum absolute atomic E-state index is 13.5. The largest absolute Gasteiger partial charge is 0.309 e. The molecule has 2 atom stereocenters. The first-order chi connectivity index (χ1) is 8.18. The van der Waals surface area contributed by atoms with Crippen LogP contribution in [0, 0.1) is 17.7 Å². The predicted molar refractivity (Wildman–Crippen MR) is 69.2 cm³/mol. The van der Waals surface area contributed by atoms with Crippen LogP contribution in [0.3, 0.4) is 0 Å². The molecule has 0 amide bonds. The summed E-state index contributed by atoms with van der Waals surface area (Å²) in [5, 5.41) is 3.54. The molecule has 0 aromatic heterocycles. The molecular weight excluding hydrogens is 213 g/mol. The Labute approximate surface area is 103 Å². The molecule has 0 spiro atoms. The van der Waals surface area contributed by atoms with Crippen molar-refractivity contribution in [3.8, 4) is 0 Å². The van der Waals surface area contributed by atoms with Gasteiger partial charge in [-0.25, -0.2) is 4.39 Å². The zero-order valence-corrected chi connectivity index (χ0v) is 10.7. The Balaban J connectivity index is 1.95. The smallest absolute Gasteiger partial charge is 0.127 e. The van der Waals surface area contributed by atoms with Crippen molar-refractivity contribution in [2.75, 3.05) is 0 Å². The van der Waals surface area contributed by atoms with Gasteiger partial charge >= 0.3 is 0 Å². The monoisotopic (exact) mass is 235 g/mol. The van der Waals surface area contributed by atoms with Gasteiger partial charge in [0.05, 0.1) is 0 Å². The summed E-state index contributed by atoms with van der Waals surface area (Å²) in [4.78, 5) is 0. The molecule has 0 bridgehead atoms. The van der Waals surface area contributed by atoms with Gasteiger partial charge in [-0.05, 0) is 30.7 Å². The highest BCUT2D eigenvalue weighted by Gasteiger charge is 2.27. The van der Waals surface area contributed by atoms with Crippen molar-refractivity contribution in [1.82, 2.24) is 5.32 Å². The van der Waals surface area contributed by atoms with Crippen molar-refractivity contribution in [2.45, 2.75) is 45.7 Å². The second kappa shape index (κ2) is 5.63. The van der Waals surface area contributed by atoms with E-state index in [1.807, 2.05) is 12.1 Å². The summed E-state index contributed by atoms with van der Waals surface area (Å²) in [7, 11) is 0. The summed E-state index contributed by atoms with van der Waals surface area (Å²) in [6.45, 7) is 5.25. The first-order valence-electron chi connectivity index (χ1n) is 6.65. The maximum atomic E-state index is 13.5. The Bertz CT molecular complexity index is 354. The normalized spacial score (nSPS) is 29.2. The standard InChI is InChI=1S/C15H22FN/c1-11-6-5-7-12(2)15(11)17-10-13-8-3-4-9-14(13)16/h3-4,8-9,11-12,15,17H,5-7,10H2,1-2H3. The molecule has 1 nitrogen and oxygen atoms in total. The van der Waals surface area contributed by atoms with E-state index in [0.717, 1.165) is 5.56 Å². The zero-order chi connectivity index (χ0) is 12.3. The summed E-state index contributed by atoms with van der Waals surface area (Å²) < 4.78 is 13.5. The van der Waals surface area contributed by atoms with Gasteiger partial charge in [-0.3, -0.25) is 0 Å². The molecule has 0 aliphatic heterocycles. The van der Waals surface area contributed by atoms with Crippen LogP contribution in [0.4, 0.5) is 4.39 Å². The van der Waals surface area contributed by atoms with Crippen molar-refractivity contribution < 1.29 is 4.39 Å². The highest BCUT2D eigenvalue weighted by atomic mass is 19.1. The Hall–Kier alpha value is -0.890. The number of nitrogens with one attached hydrogen (secondary N) is 1. The number of rotatable bonds is 3. The minimum atomic E-state index is -0.101. The quantitative estimate of drug-likeness (QED) is 0.841. The molecule has 1 aromatic carbocycles. The van der Waals surface area contributed by atoms with E-state index < -0.39 is 0 Å². The van der Waals surface area contributed by atoms with Crippen LogP contribution in [-0.4, -0.2) is 6.04 Å². The molecule has 1 aliphatic carbocycles. The van der Waals surface area contributed by atoms with Gasteiger partial charge in [-0.2, -0.15) is 0 Å². The van der Waals surface area contributed by atoms with Crippen molar-refractivity contribution in [1.29, 1.82) is 0 Å². The van der Waals surface area contributed by atoms with E-state index in [1.165, 1.54) is 25.3 Å². The molecule has 0 heterocycles. The van der Waals surface area contributed by atoms with E-state index in [1.54, 1.807) is 6.07 Å². The van der Waals surface area contributed by atoms with Crippen LogP contribution in [0.25, 0.3) is 0 Å². The van der Waals surface area contributed by atoms with E-state index >= 15 is 0 Å². The zero-order valence-electron chi connectivity index (χ0n) is 10.7. The third kappa shape index (κ3) is 3.06. The molecule has 2 unspecified atom stereocenters. The first-order valence-corrected chi connectivity index (χ1v) is 6.65. The molecular formula is C15H22FN. The lowest BCUT2D eigenvalue weighted by atomic mass is 9.78. The third-order valence-corrected chi connectivity index (χ3v) is 4.03. The van der Waals surface area contributed by atoms with Crippen LogP contribution in [-0.2, 0) is 6.54 Å². The van der Waals surface area contributed by atoms with Crippen molar-refractivity contribution in [3.05, 3.63) is 35.6 Å². The molecule has 94 valence electrons. The molecule has 1 N–H and O–H groups in total. The van der Waals surface area contributed by atoms with Gasteiger partial charge in [0.25, 0.3) is 0 Å². The van der Waals surface area contributed by atoms with Gasteiger partial charge in [-0.1, -0.05) is 38.5 Å². The van der Waals surface area contributed by atoms with Gasteiger partial charge < -0.3 is 5.32 Å². The fourth-order valence-corrected chi connectivity index (χ4v) is 2.95. The number of benzene rings is 1. The van der Waals surface area contributed by atoms with E-state index in [-0.39, 0.29) is 5.82 Å². The molecule has 17 heavy (non-hydrogen) atoms. The average Bonchev–Trinajstić information content (AvgIpc) is 2.30. The topological polar surface area (TPSA) is 12.0 Å². The Morgan fingerprint density at radius 3 is 2.47 bits per heavy atom. The third-order valence-electron chi connectivity index (χ3n) is 4.03. The average molecular weight is 235 g/mol. The summed E-state index contributed by atoms with van der Waals surface area (Å²) >= 11 is 0. The second-order valence-electron chi connectivity index (χ2n) is 5.38. The maximum Gasteiger partial charge on any atom is 0.127 e. The van der Waals surface area contributed by atoms with Crippen LogP contribution in [0.15, 0.2) is 24.3 Å². The molecule has 2 heteroatoms. The van der Waals surface area contributed by atoms with E-state index in [2.05, 4.69) is 19.2 Å². The van der Waals surface area contributed by atoms with E-state index in [0.29, 0.717) is 24.4 Å². The molecule has 1 fully saturated rings. The highest BCUT2D eigenvalue weighted by molar-refractivity contribution is 5.17. The summed E-state index contributed by atoms with van der Waals surface area (Å²) in [5.41, 5.74) is 0.775. The predicted octanol–water partition coefficient (Wildman–Crippen LogP) is 3.74. The Morgan fingerprint density at radius 1 is 1.18 bits per heavy atom. The van der Waals surface area contributed by atoms with Gasteiger partial charge in [0.2, 0.25) is 0 Å². The lowest BCUT2D eigenvalue weighted by molar-refractivity contribution is 0.207. The first kappa shape index (κ1) is 12.6. The van der Waals surface area contributed by atoms with Crippen molar-refractivity contribution in [2.24, 2.45) is 11.8 Å². The minimum absolute atomic E-state index is 0.101. The van der Waals surface area contributed by atoms with Crippen LogP contribution >= 0.6 is 0 Å². The van der Waals surface area contributed by atoms with Gasteiger partial charge in [-0.15, -0.1) is 0 Å². The van der Waals surface area contributed by atoms with Gasteiger partial charge in [0.1, 0.15) is 5.82 Å². The van der Waals surface area contributed by atoms with Crippen molar-refractivity contribution in [3.63, 3.8) is 0 Å². The van der Waals surface area contributed by atoms with Crippen LogP contribution in [0.1, 0.15) is 38.7 Å². The van der Waals surface area contributed by atoms with Crippen LogP contribution in [0.5, 0.6) is 0 Å². The molecule has 0 saturated heterocycles. The van der Waals surface area contributed by atoms with Crippen LogP contribution in [0.2, 0.25) is 0 Å². The van der Waals surface area contributed by atoms with E-state index in [4.69, 9.17) is 0 Å². The summed E-state index contributed by atoms with van der Waals surface area (Å²) in [5.74, 6) is 1.30. The number of halogens is 1. The molecule has 0 radical (unpaired) electrons. The minimum Gasteiger partial charge on any atom is -0.309 e. The van der Waals surface area contributed by atoms with Crippen molar-refractivity contribution >= 4 is 0 Å². The SMILES string of the molecule is CC1CCCC(C)C1NCc1ccccc1F. The van der Waals surface area contributed by atoms with E-state index in [9.17, 15) is 4.39 Å². The summed E-state index contributed by atoms with van der Waals surface area (Å²) in [6.07, 6.45) is 3.92.